The summed E-state index contributed by atoms with van der Waals surface area (Å²) in [6, 6.07) is 12.7. The van der Waals surface area contributed by atoms with Crippen LogP contribution in [0.3, 0.4) is 0 Å². The molecular weight excluding hydrogens is 302 g/mol. The summed E-state index contributed by atoms with van der Waals surface area (Å²) in [7, 11) is 3.09. The molecule has 116 valence electrons. The topological polar surface area (TPSA) is 47.6 Å². The Morgan fingerprint density at radius 2 is 1.68 bits per heavy atom. The molecule has 0 aliphatic heterocycles. The maximum absolute atomic E-state index is 12.2. The van der Waals surface area contributed by atoms with E-state index in [1.54, 1.807) is 25.3 Å². The third kappa shape index (κ3) is 3.71. The number of carbonyl (C=O) groups is 1. The van der Waals surface area contributed by atoms with E-state index >= 15 is 0 Å². The van der Waals surface area contributed by atoms with Crippen LogP contribution in [-0.2, 0) is 4.79 Å². The number of aryl methyl sites for hydroxylation is 1. The molecular formula is C17H18ClNO3. The van der Waals surface area contributed by atoms with Gasteiger partial charge in [0.1, 0.15) is 5.38 Å². The Kier molecular flexibility index (Phi) is 5.28. The quantitative estimate of drug-likeness (QED) is 0.849. The molecule has 22 heavy (non-hydrogen) atoms. The zero-order valence-corrected chi connectivity index (χ0v) is 13.5. The van der Waals surface area contributed by atoms with Crippen molar-refractivity contribution < 1.29 is 14.3 Å². The fraction of sp³-hybridized carbons (Fsp3) is 0.235. The predicted molar refractivity (Wildman–Crippen MR) is 87.9 cm³/mol. The summed E-state index contributed by atoms with van der Waals surface area (Å²) in [5, 5.41) is 1.97. The summed E-state index contributed by atoms with van der Waals surface area (Å²) in [6.07, 6.45) is 0. The first-order valence-electron chi connectivity index (χ1n) is 6.78. The molecule has 2 rings (SSSR count). The molecule has 1 N–H and O–H groups in total. The maximum Gasteiger partial charge on any atom is 0.246 e. The summed E-state index contributed by atoms with van der Waals surface area (Å²) in [5.74, 6) is 0.834. The van der Waals surface area contributed by atoms with Crippen LogP contribution < -0.4 is 14.8 Å². The number of nitrogens with one attached hydrogen (secondary N) is 1. The van der Waals surface area contributed by atoms with Gasteiger partial charge in [-0.3, -0.25) is 4.79 Å². The van der Waals surface area contributed by atoms with Crippen LogP contribution in [0.4, 0.5) is 5.69 Å². The number of methoxy groups -OCH3 is 2. The van der Waals surface area contributed by atoms with Crippen LogP contribution in [0.15, 0.2) is 42.5 Å². The second-order valence-corrected chi connectivity index (χ2v) is 5.27. The van der Waals surface area contributed by atoms with Crippen LogP contribution in [0.1, 0.15) is 16.5 Å². The Morgan fingerprint density at radius 3 is 2.27 bits per heavy atom. The zero-order valence-electron chi connectivity index (χ0n) is 12.7. The molecule has 0 aromatic heterocycles. The van der Waals surface area contributed by atoms with Crippen LogP contribution in [0, 0.1) is 6.92 Å². The van der Waals surface area contributed by atoms with Gasteiger partial charge in [0, 0.05) is 5.69 Å². The van der Waals surface area contributed by atoms with Crippen molar-refractivity contribution in [2.75, 3.05) is 19.5 Å². The van der Waals surface area contributed by atoms with E-state index in [9.17, 15) is 4.79 Å². The third-order valence-corrected chi connectivity index (χ3v) is 3.70. The SMILES string of the molecule is COc1ccc(C(Cl)C(=O)Nc2ccc(C)cc2)cc1OC. The van der Waals surface area contributed by atoms with Crippen molar-refractivity contribution in [2.45, 2.75) is 12.3 Å². The van der Waals surface area contributed by atoms with Gasteiger partial charge in [-0.1, -0.05) is 23.8 Å². The molecule has 0 aliphatic carbocycles. The predicted octanol–water partition coefficient (Wildman–Crippen LogP) is 3.93. The average Bonchev–Trinajstić information content (AvgIpc) is 2.55. The first-order chi connectivity index (χ1) is 10.5. The first-order valence-corrected chi connectivity index (χ1v) is 7.22. The lowest BCUT2D eigenvalue weighted by molar-refractivity contribution is -0.116. The molecule has 0 aliphatic rings. The minimum absolute atomic E-state index is 0.294. The van der Waals surface area contributed by atoms with Crippen molar-refractivity contribution in [2.24, 2.45) is 0 Å². The number of rotatable bonds is 5. The van der Waals surface area contributed by atoms with E-state index in [1.165, 1.54) is 7.11 Å². The fourth-order valence-electron chi connectivity index (χ4n) is 2.00. The smallest absolute Gasteiger partial charge is 0.246 e. The van der Waals surface area contributed by atoms with Crippen molar-refractivity contribution in [3.8, 4) is 11.5 Å². The van der Waals surface area contributed by atoms with Crippen LogP contribution >= 0.6 is 11.6 Å². The minimum Gasteiger partial charge on any atom is -0.493 e. The molecule has 0 saturated heterocycles. The lowest BCUT2D eigenvalue weighted by atomic mass is 10.1. The van der Waals surface area contributed by atoms with Gasteiger partial charge in [0.25, 0.3) is 0 Å². The molecule has 2 aromatic carbocycles. The van der Waals surface area contributed by atoms with Gasteiger partial charge in [-0.2, -0.15) is 0 Å². The molecule has 1 amide bonds. The van der Waals surface area contributed by atoms with Crippen molar-refractivity contribution in [1.29, 1.82) is 0 Å². The highest BCUT2D eigenvalue weighted by molar-refractivity contribution is 6.32. The molecule has 5 heteroatoms. The fourth-order valence-corrected chi connectivity index (χ4v) is 2.19. The maximum atomic E-state index is 12.2. The van der Waals surface area contributed by atoms with Gasteiger partial charge in [0.2, 0.25) is 5.91 Å². The minimum atomic E-state index is -0.818. The highest BCUT2D eigenvalue weighted by Gasteiger charge is 2.19. The largest absolute Gasteiger partial charge is 0.493 e. The third-order valence-electron chi connectivity index (χ3n) is 3.25. The van der Waals surface area contributed by atoms with E-state index in [0.717, 1.165) is 5.56 Å². The van der Waals surface area contributed by atoms with E-state index in [4.69, 9.17) is 21.1 Å². The van der Waals surface area contributed by atoms with Gasteiger partial charge in [-0.05, 0) is 36.8 Å². The van der Waals surface area contributed by atoms with E-state index in [-0.39, 0.29) is 5.91 Å². The van der Waals surface area contributed by atoms with Crippen LogP contribution in [0.25, 0.3) is 0 Å². The highest BCUT2D eigenvalue weighted by atomic mass is 35.5. The lowest BCUT2D eigenvalue weighted by Crippen LogP contribution is -2.17. The molecule has 2 aromatic rings. The zero-order chi connectivity index (χ0) is 16.1. The molecule has 0 fully saturated rings. The molecule has 0 radical (unpaired) electrons. The first kappa shape index (κ1) is 16.2. The monoisotopic (exact) mass is 319 g/mol. The average molecular weight is 320 g/mol. The molecule has 0 spiro atoms. The van der Waals surface area contributed by atoms with Gasteiger partial charge in [-0.25, -0.2) is 0 Å². The Bertz CT molecular complexity index is 655. The number of alkyl halides is 1. The molecule has 0 bridgehead atoms. The number of hydrogen-bond donors (Lipinski definition) is 1. The molecule has 0 heterocycles. The molecule has 0 saturated carbocycles. The van der Waals surface area contributed by atoms with Gasteiger partial charge in [0.05, 0.1) is 14.2 Å². The molecule has 1 unspecified atom stereocenters. The number of benzene rings is 2. The van der Waals surface area contributed by atoms with E-state index < -0.39 is 5.38 Å². The molecule has 4 nitrogen and oxygen atoms in total. The number of halogens is 1. The van der Waals surface area contributed by atoms with Crippen molar-refractivity contribution in [3.63, 3.8) is 0 Å². The van der Waals surface area contributed by atoms with Crippen molar-refractivity contribution >= 4 is 23.2 Å². The highest BCUT2D eigenvalue weighted by Crippen LogP contribution is 2.32. The van der Waals surface area contributed by atoms with Gasteiger partial charge in [-0.15, -0.1) is 11.6 Å². The summed E-state index contributed by atoms with van der Waals surface area (Å²) in [6.45, 7) is 1.99. The molecule has 1 atom stereocenters. The number of anilines is 1. The summed E-state index contributed by atoms with van der Waals surface area (Å²) >= 11 is 6.25. The van der Waals surface area contributed by atoms with E-state index in [2.05, 4.69) is 5.32 Å². The van der Waals surface area contributed by atoms with Crippen molar-refractivity contribution in [3.05, 3.63) is 53.6 Å². The number of carbonyl (C=O) groups excluding carboxylic acids is 1. The second kappa shape index (κ2) is 7.18. The van der Waals surface area contributed by atoms with Crippen molar-refractivity contribution in [1.82, 2.24) is 0 Å². The number of amides is 1. The van der Waals surface area contributed by atoms with Crippen LogP contribution in [0.2, 0.25) is 0 Å². The van der Waals surface area contributed by atoms with Crippen LogP contribution in [0.5, 0.6) is 11.5 Å². The Balaban J connectivity index is 2.14. The van der Waals surface area contributed by atoms with E-state index in [1.807, 2.05) is 31.2 Å². The normalized spacial score (nSPS) is 11.6. The Morgan fingerprint density at radius 1 is 1.05 bits per heavy atom. The number of hydrogen-bond acceptors (Lipinski definition) is 3. The summed E-state index contributed by atoms with van der Waals surface area (Å²) in [4.78, 5) is 12.2. The van der Waals surface area contributed by atoms with Crippen LogP contribution in [-0.4, -0.2) is 20.1 Å². The van der Waals surface area contributed by atoms with Gasteiger partial charge in [0.15, 0.2) is 11.5 Å². The lowest BCUT2D eigenvalue weighted by Gasteiger charge is -2.14. The second-order valence-electron chi connectivity index (χ2n) is 4.83. The number of ether oxygens (including phenoxy) is 2. The van der Waals surface area contributed by atoms with E-state index in [0.29, 0.717) is 22.7 Å². The summed E-state index contributed by atoms with van der Waals surface area (Å²) in [5.41, 5.74) is 2.48. The van der Waals surface area contributed by atoms with Gasteiger partial charge >= 0.3 is 0 Å². The van der Waals surface area contributed by atoms with Gasteiger partial charge < -0.3 is 14.8 Å². The Hall–Kier alpha value is -2.20. The summed E-state index contributed by atoms with van der Waals surface area (Å²) < 4.78 is 10.4. The standard InChI is InChI=1S/C17H18ClNO3/c1-11-4-7-13(8-5-11)19-17(20)16(18)12-6-9-14(21-2)15(10-12)22-3/h4-10,16H,1-3H3,(H,19,20). The Labute approximate surface area is 135 Å².